The van der Waals surface area contributed by atoms with Gasteiger partial charge in [0.2, 0.25) is 5.91 Å². The van der Waals surface area contributed by atoms with Crippen molar-refractivity contribution in [2.75, 3.05) is 5.32 Å². The summed E-state index contributed by atoms with van der Waals surface area (Å²) >= 11 is 1.05. The van der Waals surface area contributed by atoms with Gasteiger partial charge in [-0.2, -0.15) is 0 Å². The molecule has 1 heterocycles. The summed E-state index contributed by atoms with van der Waals surface area (Å²) in [5.74, 6) is -5.52. The van der Waals surface area contributed by atoms with Crippen molar-refractivity contribution in [3.05, 3.63) is 72.1 Å². The molecule has 4 nitrogen and oxygen atoms in total. The third-order valence-corrected chi connectivity index (χ3v) is 4.72. The van der Waals surface area contributed by atoms with Crippen LogP contribution in [0.4, 0.5) is 23.2 Å². The number of carbonyl (C=O) groups is 1. The third kappa shape index (κ3) is 4.13. The van der Waals surface area contributed by atoms with Crippen LogP contribution in [-0.4, -0.2) is 20.7 Å². The first kappa shape index (κ1) is 19.0. The van der Waals surface area contributed by atoms with Crippen LogP contribution in [0.3, 0.4) is 0 Å². The fourth-order valence-electron chi connectivity index (χ4n) is 2.27. The molecule has 140 valence electrons. The van der Waals surface area contributed by atoms with E-state index in [2.05, 4.69) is 10.3 Å². The Labute approximate surface area is 156 Å². The topological polar surface area (TPSA) is 46.9 Å². The summed E-state index contributed by atoms with van der Waals surface area (Å²) in [6.07, 6.45) is 3.10. The van der Waals surface area contributed by atoms with E-state index in [-0.39, 0.29) is 0 Å². The predicted octanol–water partition coefficient (Wildman–Crippen LogP) is 4.55. The van der Waals surface area contributed by atoms with Crippen molar-refractivity contribution >= 4 is 23.4 Å². The number of carbonyl (C=O) groups excluding carboxylic acids is 1. The number of rotatable bonds is 5. The van der Waals surface area contributed by atoms with Crippen LogP contribution in [0.2, 0.25) is 0 Å². The average Bonchev–Trinajstić information content (AvgIpc) is 3.10. The molecule has 0 spiro atoms. The zero-order valence-electron chi connectivity index (χ0n) is 13.9. The molecular formula is C18H13F4N3OS. The van der Waals surface area contributed by atoms with Gasteiger partial charge >= 0.3 is 0 Å². The molecule has 0 aliphatic carbocycles. The Morgan fingerprint density at radius 3 is 2.67 bits per heavy atom. The second-order valence-corrected chi connectivity index (χ2v) is 6.84. The molecule has 1 amide bonds. The highest BCUT2D eigenvalue weighted by Gasteiger charge is 2.21. The number of thioether (sulfide) groups is 1. The lowest BCUT2D eigenvalue weighted by atomic mass is 10.2. The second kappa shape index (κ2) is 7.83. The van der Waals surface area contributed by atoms with Crippen LogP contribution in [0.5, 0.6) is 0 Å². The summed E-state index contributed by atoms with van der Waals surface area (Å²) in [6.45, 7) is 1.54. The van der Waals surface area contributed by atoms with Gasteiger partial charge < -0.3 is 5.32 Å². The van der Waals surface area contributed by atoms with E-state index in [4.69, 9.17) is 0 Å². The maximum atomic E-state index is 13.7. The van der Waals surface area contributed by atoms with E-state index < -0.39 is 40.1 Å². The number of hydrogen-bond acceptors (Lipinski definition) is 3. The van der Waals surface area contributed by atoms with Crippen LogP contribution in [0.1, 0.15) is 6.92 Å². The molecule has 9 heteroatoms. The molecule has 1 N–H and O–H groups in total. The molecule has 0 radical (unpaired) electrons. The molecule has 2 aromatic carbocycles. The van der Waals surface area contributed by atoms with E-state index >= 15 is 0 Å². The Hall–Kier alpha value is -2.81. The first-order valence-electron chi connectivity index (χ1n) is 7.77. The summed E-state index contributed by atoms with van der Waals surface area (Å²) < 4.78 is 55.0. The Bertz CT molecular complexity index is 992. The summed E-state index contributed by atoms with van der Waals surface area (Å²) in [7, 11) is 0. The fourth-order valence-corrected chi connectivity index (χ4v) is 3.15. The van der Waals surface area contributed by atoms with Gasteiger partial charge in [0.05, 0.1) is 16.6 Å². The lowest BCUT2D eigenvalue weighted by Gasteiger charge is -2.14. The number of benzene rings is 2. The Morgan fingerprint density at radius 1 is 1.15 bits per heavy atom. The molecule has 0 bridgehead atoms. The number of nitrogens with one attached hydrogen (secondary N) is 1. The summed E-state index contributed by atoms with van der Waals surface area (Å²) in [5.41, 5.74) is 0.0640. The predicted molar refractivity (Wildman–Crippen MR) is 93.8 cm³/mol. The fraction of sp³-hybridized carbons (Fsp3) is 0.111. The van der Waals surface area contributed by atoms with Crippen LogP contribution in [0.15, 0.2) is 53.9 Å². The van der Waals surface area contributed by atoms with Gasteiger partial charge in [-0.3, -0.25) is 9.36 Å². The number of imidazole rings is 1. The molecular weight excluding hydrogens is 382 g/mol. The maximum absolute atomic E-state index is 13.7. The van der Waals surface area contributed by atoms with Crippen molar-refractivity contribution in [1.82, 2.24) is 9.55 Å². The summed E-state index contributed by atoms with van der Waals surface area (Å²) in [4.78, 5) is 16.4. The molecule has 0 aliphatic heterocycles. The van der Waals surface area contributed by atoms with Crippen LogP contribution in [0.25, 0.3) is 5.69 Å². The Kier molecular flexibility index (Phi) is 5.50. The van der Waals surface area contributed by atoms with Gasteiger partial charge in [0.1, 0.15) is 5.82 Å². The average molecular weight is 395 g/mol. The smallest absolute Gasteiger partial charge is 0.237 e. The molecule has 1 unspecified atom stereocenters. The molecule has 27 heavy (non-hydrogen) atoms. The van der Waals surface area contributed by atoms with Gasteiger partial charge in [-0.25, -0.2) is 22.5 Å². The normalized spacial score (nSPS) is 12.0. The second-order valence-electron chi connectivity index (χ2n) is 5.53. The number of hydrogen-bond donors (Lipinski definition) is 1. The molecule has 0 saturated heterocycles. The number of aromatic nitrogens is 2. The molecule has 0 aliphatic rings. The molecule has 0 fully saturated rings. The Balaban J connectivity index is 1.75. The lowest BCUT2D eigenvalue weighted by molar-refractivity contribution is -0.115. The van der Waals surface area contributed by atoms with Crippen molar-refractivity contribution in [3.63, 3.8) is 0 Å². The molecule has 3 aromatic rings. The zero-order chi connectivity index (χ0) is 19.6. The minimum Gasteiger partial charge on any atom is -0.323 e. The van der Waals surface area contributed by atoms with E-state index in [1.54, 1.807) is 29.8 Å². The van der Waals surface area contributed by atoms with Gasteiger partial charge in [-0.05, 0) is 37.3 Å². The molecule has 3 rings (SSSR count). The van der Waals surface area contributed by atoms with E-state index in [0.29, 0.717) is 10.8 Å². The van der Waals surface area contributed by atoms with Gasteiger partial charge in [-0.1, -0.05) is 17.8 Å². The first-order chi connectivity index (χ1) is 12.9. The largest absolute Gasteiger partial charge is 0.323 e. The molecule has 1 atom stereocenters. The monoisotopic (exact) mass is 395 g/mol. The van der Waals surface area contributed by atoms with Crippen LogP contribution in [-0.2, 0) is 4.79 Å². The highest BCUT2D eigenvalue weighted by molar-refractivity contribution is 8.00. The zero-order valence-corrected chi connectivity index (χ0v) is 14.7. The highest BCUT2D eigenvalue weighted by atomic mass is 32.2. The number of halogens is 4. The van der Waals surface area contributed by atoms with Gasteiger partial charge in [0, 0.05) is 12.4 Å². The van der Waals surface area contributed by atoms with Crippen LogP contribution in [0, 0.1) is 23.3 Å². The van der Waals surface area contributed by atoms with Gasteiger partial charge in [0.25, 0.3) is 0 Å². The van der Waals surface area contributed by atoms with E-state index in [0.717, 1.165) is 23.9 Å². The number of anilines is 1. The first-order valence-corrected chi connectivity index (χ1v) is 8.65. The third-order valence-electron chi connectivity index (χ3n) is 3.64. The van der Waals surface area contributed by atoms with Crippen molar-refractivity contribution in [2.45, 2.75) is 17.3 Å². The van der Waals surface area contributed by atoms with Crippen LogP contribution >= 0.6 is 11.8 Å². The van der Waals surface area contributed by atoms with Crippen molar-refractivity contribution in [1.29, 1.82) is 0 Å². The van der Waals surface area contributed by atoms with Gasteiger partial charge in [0.15, 0.2) is 22.6 Å². The van der Waals surface area contributed by atoms with Crippen molar-refractivity contribution < 1.29 is 22.4 Å². The van der Waals surface area contributed by atoms with E-state index in [9.17, 15) is 22.4 Å². The maximum Gasteiger partial charge on any atom is 0.237 e. The standard InChI is InChI=1S/C18H13F4N3OS/c1-10(17(26)24-14-6-5-13(20)15(21)16(14)22)27-18-23-7-8-25(18)12-4-2-3-11(19)9-12/h2-10H,1H3,(H,24,26). The quantitative estimate of drug-likeness (QED) is 0.392. The van der Waals surface area contributed by atoms with Gasteiger partial charge in [-0.15, -0.1) is 0 Å². The molecule has 1 aromatic heterocycles. The molecule has 0 saturated carbocycles. The summed E-state index contributed by atoms with van der Waals surface area (Å²) in [5, 5.41) is 1.89. The number of amides is 1. The van der Waals surface area contributed by atoms with E-state index in [1.807, 2.05) is 0 Å². The lowest BCUT2D eigenvalue weighted by Crippen LogP contribution is -2.23. The highest BCUT2D eigenvalue weighted by Crippen LogP contribution is 2.26. The number of nitrogens with zero attached hydrogens (tertiary/aromatic N) is 2. The SMILES string of the molecule is CC(Sc1nccn1-c1cccc(F)c1)C(=O)Nc1ccc(F)c(F)c1F. The Morgan fingerprint density at radius 2 is 1.93 bits per heavy atom. The summed E-state index contributed by atoms with van der Waals surface area (Å²) in [6, 6.07) is 7.50. The van der Waals surface area contributed by atoms with Crippen LogP contribution < -0.4 is 5.32 Å². The van der Waals surface area contributed by atoms with E-state index in [1.165, 1.54) is 18.3 Å². The van der Waals surface area contributed by atoms with Crippen molar-refractivity contribution in [3.8, 4) is 5.69 Å². The minimum atomic E-state index is -1.66. The van der Waals surface area contributed by atoms with Crippen molar-refractivity contribution in [2.24, 2.45) is 0 Å². The minimum absolute atomic E-state index is 0.411.